The van der Waals surface area contributed by atoms with Crippen LogP contribution in [-0.2, 0) is 19.1 Å². The Labute approximate surface area is 90.9 Å². The maximum Gasteiger partial charge on any atom is 0.347 e. The maximum atomic E-state index is 11.6. The fourth-order valence-corrected chi connectivity index (χ4v) is 1.05. The molecule has 4 heteroatoms. The van der Waals surface area contributed by atoms with Crippen LogP contribution in [0.25, 0.3) is 0 Å². The van der Waals surface area contributed by atoms with E-state index >= 15 is 0 Å². The summed E-state index contributed by atoms with van der Waals surface area (Å²) in [5, 5.41) is 0. The highest BCUT2D eigenvalue weighted by Gasteiger charge is 2.26. The zero-order valence-corrected chi connectivity index (χ0v) is 10.1. The standard InChI is InChI=1S/C11H20O4/c1-6-7-9(14-8(2)12)10(13)15-11(3,4)5/h9H,6-7H2,1-5H3. The van der Waals surface area contributed by atoms with Crippen molar-refractivity contribution in [3.05, 3.63) is 0 Å². The highest BCUT2D eigenvalue weighted by atomic mass is 16.6. The topological polar surface area (TPSA) is 52.6 Å². The van der Waals surface area contributed by atoms with E-state index in [1.807, 2.05) is 6.92 Å². The molecule has 88 valence electrons. The Balaban J connectivity index is 4.35. The Morgan fingerprint density at radius 3 is 2.13 bits per heavy atom. The molecule has 0 bridgehead atoms. The van der Waals surface area contributed by atoms with Crippen molar-refractivity contribution < 1.29 is 19.1 Å². The lowest BCUT2D eigenvalue weighted by atomic mass is 10.1. The summed E-state index contributed by atoms with van der Waals surface area (Å²) in [4.78, 5) is 22.4. The first-order valence-electron chi connectivity index (χ1n) is 5.16. The van der Waals surface area contributed by atoms with Crippen molar-refractivity contribution in [2.75, 3.05) is 0 Å². The van der Waals surface area contributed by atoms with Crippen molar-refractivity contribution in [1.29, 1.82) is 0 Å². The summed E-state index contributed by atoms with van der Waals surface area (Å²) in [5.74, 6) is -0.932. The normalized spacial score (nSPS) is 13.1. The molecule has 0 radical (unpaired) electrons. The van der Waals surface area contributed by atoms with Gasteiger partial charge in [0.15, 0.2) is 6.10 Å². The van der Waals surface area contributed by atoms with Gasteiger partial charge in [0.25, 0.3) is 0 Å². The zero-order chi connectivity index (χ0) is 12.1. The number of ether oxygens (including phenoxy) is 2. The molecule has 0 saturated carbocycles. The minimum atomic E-state index is -0.772. The van der Waals surface area contributed by atoms with Gasteiger partial charge < -0.3 is 9.47 Å². The smallest absolute Gasteiger partial charge is 0.347 e. The van der Waals surface area contributed by atoms with Crippen LogP contribution in [0.3, 0.4) is 0 Å². The van der Waals surface area contributed by atoms with Crippen LogP contribution in [0, 0.1) is 0 Å². The molecule has 0 aliphatic carbocycles. The van der Waals surface area contributed by atoms with Gasteiger partial charge in [-0.05, 0) is 27.2 Å². The number of carbonyl (C=O) groups is 2. The van der Waals surface area contributed by atoms with Crippen molar-refractivity contribution >= 4 is 11.9 Å². The van der Waals surface area contributed by atoms with Crippen LogP contribution in [-0.4, -0.2) is 23.6 Å². The van der Waals surface area contributed by atoms with E-state index in [4.69, 9.17) is 9.47 Å². The molecule has 0 spiro atoms. The van der Waals surface area contributed by atoms with Crippen LogP contribution < -0.4 is 0 Å². The highest BCUT2D eigenvalue weighted by molar-refractivity contribution is 5.78. The lowest BCUT2D eigenvalue weighted by Gasteiger charge is -2.23. The Bertz CT molecular complexity index is 227. The summed E-state index contributed by atoms with van der Waals surface area (Å²) in [5.41, 5.74) is -0.552. The first-order valence-corrected chi connectivity index (χ1v) is 5.16. The Kier molecular flexibility index (Phi) is 5.33. The summed E-state index contributed by atoms with van der Waals surface area (Å²) in [6, 6.07) is 0. The average Bonchev–Trinajstić information content (AvgIpc) is 1.99. The van der Waals surface area contributed by atoms with Gasteiger partial charge in [0.1, 0.15) is 5.60 Å². The summed E-state index contributed by atoms with van der Waals surface area (Å²) in [6.45, 7) is 8.54. The van der Waals surface area contributed by atoms with Crippen molar-refractivity contribution in [3.8, 4) is 0 Å². The fraction of sp³-hybridized carbons (Fsp3) is 0.818. The second kappa shape index (κ2) is 5.73. The quantitative estimate of drug-likeness (QED) is 0.675. The zero-order valence-electron chi connectivity index (χ0n) is 10.1. The predicted molar refractivity (Wildman–Crippen MR) is 56.3 cm³/mol. The van der Waals surface area contributed by atoms with Crippen molar-refractivity contribution in [3.63, 3.8) is 0 Å². The molecule has 0 rings (SSSR count). The molecule has 0 aromatic carbocycles. The van der Waals surface area contributed by atoms with Crippen molar-refractivity contribution in [2.24, 2.45) is 0 Å². The molecule has 0 aliphatic heterocycles. The molecular weight excluding hydrogens is 196 g/mol. The Morgan fingerprint density at radius 1 is 1.27 bits per heavy atom. The monoisotopic (exact) mass is 216 g/mol. The van der Waals surface area contributed by atoms with Gasteiger partial charge in [0.05, 0.1) is 0 Å². The molecule has 0 heterocycles. The first-order chi connectivity index (χ1) is 6.76. The number of hydrogen-bond donors (Lipinski definition) is 0. The third-order valence-corrected chi connectivity index (χ3v) is 1.53. The van der Waals surface area contributed by atoms with Gasteiger partial charge in [-0.2, -0.15) is 0 Å². The average molecular weight is 216 g/mol. The van der Waals surface area contributed by atoms with Crippen LogP contribution in [0.1, 0.15) is 47.5 Å². The molecule has 1 atom stereocenters. The van der Waals surface area contributed by atoms with E-state index in [2.05, 4.69) is 0 Å². The number of rotatable bonds is 4. The first kappa shape index (κ1) is 13.9. The Hall–Kier alpha value is -1.06. The van der Waals surface area contributed by atoms with E-state index in [-0.39, 0.29) is 0 Å². The molecule has 0 aromatic rings. The van der Waals surface area contributed by atoms with Gasteiger partial charge >= 0.3 is 11.9 Å². The molecule has 0 amide bonds. The van der Waals surface area contributed by atoms with Gasteiger partial charge in [-0.25, -0.2) is 4.79 Å². The van der Waals surface area contributed by atoms with Crippen molar-refractivity contribution in [1.82, 2.24) is 0 Å². The molecule has 4 nitrogen and oxygen atoms in total. The second-order valence-corrected chi connectivity index (χ2v) is 4.42. The van der Waals surface area contributed by atoms with E-state index in [9.17, 15) is 9.59 Å². The Morgan fingerprint density at radius 2 is 1.80 bits per heavy atom. The van der Waals surface area contributed by atoms with E-state index < -0.39 is 23.6 Å². The SMILES string of the molecule is CCCC(OC(C)=O)C(=O)OC(C)(C)C. The van der Waals surface area contributed by atoms with Crippen LogP contribution in [0.4, 0.5) is 0 Å². The van der Waals surface area contributed by atoms with Crippen molar-refractivity contribution in [2.45, 2.75) is 59.2 Å². The van der Waals surface area contributed by atoms with Gasteiger partial charge in [0.2, 0.25) is 0 Å². The summed E-state index contributed by atoms with van der Waals surface area (Å²) in [6.07, 6.45) is 0.484. The summed E-state index contributed by atoms with van der Waals surface area (Å²) < 4.78 is 10.0. The van der Waals surface area contributed by atoms with Crippen LogP contribution in [0.15, 0.2) is 0 Å². The highest BCUT2D eigenvalue weighted by Crippen LogP contribution is 2.12. The number of esters is 2. The number of hydrogen-bond acceptors (Lipinski definition) is 4. The van der Waals surface area contributed by atoms with E-state index in [1.165, 1.54) is 6.92 Å². The summed E-state index contributed by atoms with van der Waals surface area (Å²) in [7, 11) is 0. The van der Waals surface area contributed by atoms with E-state index in [1.54, 1.807) is 20.8 Å². The lowest BCUT2D eigenvalue weighted by molar-refractivity contribution is -0.175. The molecule has 0 aromatic heterocycles. The molecular formula is C11H20O4. The predicted octanol–water partition coefficient (Wildman–Crippen LogP) is 2.06. The lowest BCUT2D eigenvalue weighted by Crippen LogP contribution is -2.34. The minimum Gasteiger partial charge on any atom is -0.457 e. The van der Waals surface area contributed by atoms with Gasteiger partial charge in [-0.1, -0.05) is 13.3 Å². The molecule has 0 fully saturated rings. The molecule has 0 saturated heterocycles. The van der Waals surface area contributed by atoms with E-state index in [0.29, 0.717) is 6.42 Å². The molecule has 0 aliphatic rings. The van der Waals surface area contributed by atoms with Gasteiger partial charge in [-0.15, -0.1) is 0 Å². The fourth-order valence-electron chi connectivity index (χ4n) is 1.05. The minimum absolute atomic E-state index is 0.459. The third-order valence-electron chi connectivity index (χ3n) is 1.53. The second-order valence-electron chi connectivity index (χ2n) is 4.42. The molecule has 15 heavy (non-hydrogen) atoms. The maximum absolute atomic E-state index is 11.6. The largest absolute Gasteiger partial charge is 0.457 e. The van der Waals surface area contributed by atoms with E-state index in [0.717, 1.165) is 6.42 Å². The van der Waals surface area contributed by atoms with Gasteiger partial charge in [-0.3, -0.25) is 4.79 Å². The third kappa shape index (κ3) is 6.94. The number of carbonyl (C=O) groups excluding carboxylic acids is 2. The van der Waals surface area contributed by atoms with Crippen LogP contribution in [0.2, 0.25) is 0 Å². The molecule has 1 unspecified atom stereocenters. The molecule has 0 N–H and O–H groups in total. The summed E-state index contributed by atoms with van der Waals surface area (Å²) >= 11 is 0. The van der Waals surface area contributed by atoms with Gasteiger partial charge in [0, 0.05) is 6.92 Å². The van der Waals surface area contributed by atoms with Crippen LogP contribution in [0.5, 0.6) is 0 Å². The van der Waals surface area contributed by atoms with Crippen LogP contribution >= 0.6 is 0 Å².